The van der Waals surface area contributed by atoms with Crippen LogP contribution in [0.4, 0.5) is 33.7 Å². The molecule has 2 aromatic rings. The Morgan fingerprint density at radius 2 is 1.69 bits per heavy atom. The smallest absolute Gasteiger partial charge is 0.369 e. The molecule has 1 heterocycles. The first-order chi connectivity index (χ1) is 13.8. The molecule has 1 saturated heterocycles. The number of carbonyl (C=O) groups is 1. The highest BCUT2D eigenvalue weighted by Gasteiger charge is 2.30. The highest BCUT2D eigenvalue weighted by atomic mass is 19.4. The number of nitrogens with one attached hydrogen (secondary N) is 2. The molecule has 9 heteroatoms. The Morgan fingerprint density at radius 3 is 2.34 bits per heavy atom. The van der Waals surface area contributed by atoms with Crippen molar-refractivity contribution in [3.05, 3.63) is 59.9 Å². The van der Waals surface area contributed by atoms with Crippen molar-refractivity contribution in [2.45, 2.75) is 6.18 Å². The first-order valence-corrected chi connectivity index (χ1v) is 9.26. The van der Waals surface area contributed by atoms with Crippen molar-refractivity contribution in [2.24, 2.45) is 0 Å². The normalized spacial score (nSPS) is 15.2. The van der Waals surface area contributed by atoms with Gasteiger partial charge in [-0.15, -0.1) is 0 Å². The summed E-state index contributed by atoms with van der Waals surface area (Å²) in [6.45, 7) is 4.20. The number of hydrogen-bond donors (Lipinski definition) is 2. The number of rotatable bonds is 5. The van der Waals surface area contributed by atoms with Crippen LogP contribution < -0.4 is 15.5 Å². The van der Waals surface area contributed by atoms with Crippen LogP contribution in [0.1, 0.15) is 5.56 Å². The van der Waals surface area contributed by atoms with Crippen LogP contribution in [-0.4, -0.2) is 50.2 Å². The van der Waals surface area contributed by atoms with Gasteiger partial charge in [-0.05, 0) is 42.5 Å². The molecule has 3 rings (SSSR count). The van der Waals surface area contributed by atoms with E-state index < -0.39 is 17.8 Å². The number of anilines is 2. The SMILES string of the molecule is O=C(NCCN1CCN(c2ccc(F)cc2)CC1)Nc1cccc(C(F)(F)F)c1. The number of carbonyl (C=O) groups excluding carboxylic acids is 1. The number of halogens is 4. The topological polar surface area (TPSA) is 47.6 Å². The van der Waals surface area contributed by atoms with E-state index in [1.165, 1.54) is 24.3 Å². The minimum atomic E-state index is -4.45. The molecule has 1 fully saturated rings. The number of hydrogen-bond acceptors (Lipinski definition) is 3. The first kappa shape index (κ1) is 20.9. The number of amides is 2. The van der Waals surface area contributed by atoms with Crippen molar-refractivity contribution in [3.8, 4) is 0 Å². The van der Waals surface area contributed by atoms with Gasteiger partial charge in [0.2, 0.25) is 0 Å². The van der Waals surface area contributed by atoms with Crippen molar-refractivity contribution in [1.82, 2.24) is 10.2 Å². The van der Waals surface area contributed by atoms with Crippen LogP contribution in [0.5, 0.6) is 0 Å². The van der Waals surface area contributed by atoms with E-state index in [1.807, 2.05) is 0 Å². The van der Waals surface area contributed by atoms with Crippen molar-refractivity contribution >= 4 is 17.4 Å². The van der Waals surface area contributed by atoms with Gasteiger partial charge in [-0.25, -0.2) is 9.18 Å². The standard InChI is InChI=1S/C20H22F4N4O/c21-16-4-6-18(7-5-16)28-12-10-27(11-13-28)9-8-25-19(29)26-17-3-1-2-15(14-17)20(22,23)24/h1-7,14H,8-13H2,(H2,25,26,29). The Balaban J connectivity index is 1.38. The number of urea groups is 1. The Hall–Kier alpha value is -2.81. The van der Waals surface area contributed by atoms with E-state index in [0.29, 0.717) is 13.1 Å². The molecule has 5 nitrogen and oxygen atoms in total. The summed E-state index contributed by atoms with van der Waals surface area (Å²) in [6.07, 6.45) is -4.45. The van der Waals surface area contributed by atoms with Crippen LogP contribution in [0, 0.1) is 5.82 Å². The molecule has 0 spiro atoms. The van der Waals surface area contributed by atoms with Gasteiger partial charge in [0.25, 0.3) is 0 Å². The lowest BCUT2D eigenvalue weighted by atomic mass is 10.2. The summed E-state index contributed by atoms with van der Waals surface area (Å²) in [5.41, 5.74) is 0.254. The fraction of sp³-hybridized carbons (Fsp3) is 0.350. The summed E-state index contributed by atoms with van der Waals surface area (Å²) in [5, 5.41) is 5.08. The van der Waals surface area contributed by atoms with Gasteiger partial charge in [0, 0.05) is 50.6 Å². The number of piperazine rings is 1. The van der Waals surface area contributed by atoms with Crippen molar-refractivity contribution in [2.75, 3.05) is 49.5 Å². The maximum absolute atomic E-state index is 13.0. The molecule has 1 aliphatic rings. The highest BCUT2D eigenvalue weighted by molar-refractivity contribution is 5.89. The second kappa shape index (κ2) is 9.13. The maximum atomic E-state index is 13.0. The Kier molecular flexibility index (Phi) is 6.58. The third-order valence-corrected chi connectivity index (χ3v) is 4.73. The van der Waals surface area contributed by atoms with Gasteiger partial charge in [-0.2, -0.15) is 13.2 Å². The van der Waals surface area contributed by atoms with Crippen molar-refractivity contribution in [3.63, 3.8) is 0 Å². The summed E-state index contributed by atoms with van der Waals surface area (Å²) < 4.78 is 51.2. The number of alkyl halides is 3. The predicted octanol–water partition coefficient (Wildman–Crippen LogP) is 3.79. The Labute approximate surface area is 166 Å². The molecule has 0 radical (unpaired) electrons. The molecule has 0 saturated carbocycles. The molecule has 2 N–H and O–H groups in total. The zero-order valence-corrected chi connectivity index (χ0v) is 15.7. The van der Waals surface area contributed by atoms with Gasteiger partial charge >= 0.3 is 12.2 Å². The Bertz CT molecular complexity index is 818. The average molecular weight is 410 g/mol. The molecule has 0 aliphatic carbocycles. The molecule has 29 heavy (non-hydrogen) atoms. The third kappa shape index (κ3) is 6.08. The van der Waals surface area contributed by atoms with Crippen LogP contribution >= 0.6 is 0 Å². The minimum Gasteiger partial charge on any atom is -0.369 e. The summed E-state index contributed by atoms with van der Waals surface area (Å²) in [4.78, 5) is 16.3. The highest BCUT2D eigenvalue weighted by Crippen LogP contribution is 2.30. The van der Waals surface area contributed by atoms with E-state index in [9.17, 15) is 22.4 Å². The van der Waals surface area contributed by atoms with Gasteiger partial charge in [-0.3, -0.25) is 4.90 Å². The zero-order chi connectivity index (χ0) is 20.9. The van der Waals surface area contributed by atoms with E-state index in [2.05, 4.69) is 20.4 Å². The molecule has 0 atom stereocenters. The summed E-state index contributed by atoms with van der Waals surface area (Å²) in [5.74, 6) is -0.262. The second-order valence-electron chi connectivity index (χ2n) is 6.76. The number of benzene rings is 2. The van der Waals surface area contributed by atoms with E-state index in [0.717, 1.165) is 44.0 Å². The summed E-state index contributed by atoms with van der Waals surface area (Å²) >= 11 is 0. The Morgan fingerprint density at radius 1 is 1.00 bits per heavy atom. The summed E-state index contributed by atoms with van der Waals surface area (Å²) in [7, 11) is 0. The maximum Gasteiger partial charge on any atom is 0.416 e. The molecule has 156 valence electrons. The van der Waals surface area contributed by atoms with Crippen LogP contribution in [0.3, 0.4) is 0 Å². The molecule has 0 bridgehead atoms. The fourth-order valence-corrected chi connectivity index (χ4v) is 3.16. The lowest BCUT2D eigenvalue weighted by Crippen LogP contribution is -2.48. The predicted molar refractivity (Wildman–Crippen MR) is 104 cm³/mol. The van der Waals surface area contributed by atoms with E-state index >= 15 is 0 Å². The molecular formula is C20H22F4N4O. The quantitative estimate of drug-likeness (QED) is 0.738. The fourth-order valence-electron chi connectivity index (χ4n) is 3.16. The van der Waals surface area contributed by atoms with Crippen LogP contribution in [0.15, 0.2) is 48.5 Å². The van der Waals surface area contributed by atoms with Gasteiger partial charge in [0.1, 0.15) is 5.82 Å². The molecule has 0 unspecified atom stereocenters. The molecule has 2 amide bonds. The summed E-state index contributed by atoms with van der Waals surface area (Å²) in [6, 6.07) is 10.3. The molecule has 1 aliphatic heterocycles. The van der Waals surface area contributed by atoms with Gasteiger partial charge in [0.15, 0.2) is 0 Å². The monoisotopic (exact) mass is 410 g/mol. The van der Waals surface area contributed by atoms with Gasteiger partial charge in [-0.1, -0.05) is 6.07 Å². The van der Waals surface area contributed by atoms with E-state index in [4.69, 9.17) is 0 Å². The largest absolute Gasteiger partial charge is 0.416 e. The first-order valence-electron chi connectivity index (χ1n) is 9.26. The average Bonchev–Trinajstić information content (AvgIpc) is 2.69. The van der Waals surface area contributed by atoms with Crippen LogP contribution in [-0.2, 0) is 6.18 Å². The number of nitrogens with zero attached hydrogens (tertiary/aromatic N) is 2. The van der Waals surface area contributed by atoms with E-state index in [1.54, 1.807) is 12.1 Å². The minimum absolute atomic E-state index is 0.0882. The molecule has 0 aromatic heterocycles. The lowest BCUT2D eigenvalue weighted by Gasteiger charge is -2.36. The molecular weight excluding hydrogens is 388 g/mol. The second-order valence-corrected chi connectivity index (χ2v) is 6.76. The van der Waals surface area contributed by atoms with Crippen molar-refractivity contribution in [1.29, 1.82) is 0 Å². The van der Waals surface area contributed by atoms with Crippen LogP contribution in [0.25, 0.3) is 0 Å². The van der Waals surface area contributed by atoms with Crippen molar-refractivity contribution < 1.29 is 22.4 Å². The molecule has 2 aromatic carbocycles. The van der Waals surface area contributed by atoms with Gasteiger partial charge in [0.05, 0.1) is 5.56 Å². The van der Waals surface area contributed by atoms with Crippen LogP contribution in [0.2, 0.25) is 0 Å². The van der Waals surface area contributed by atoms with E-state index in [-0.39, 0.29) is 11.5 Å². The third-order valence-electron chi connectivity index (χ3n) is 4.73. The van der Waals surface area contributed by atoms with Gasteiger partial charge < -0.3 is 15.5 Å². The lowest BCUT2D eigenvalue weighted by molar-refractivity contribution is -0.137. The zero-order valence-electron chi connectivity index (χ0n) is 15.7.